The Morgan fingerprint density at radius 3 is 2.86 bits per heavy atom. The van der Waals surface area contributed by atoms with Crippen molar-refractivity contribution in [2.24, 2.45) is 0 Å². The molecule has 1 amide bonds. The molecule has 1 heterocycles. The molecular weight excluding hydrogens is 178 g/mol. The molecule has 0 aliphatic heterocycles. The minimum Gasteiger partial charge on any atom is -0.341 e. The van der Waals surface area contributed by atoms with Crippen molar-refractivity contribution in [3.8, 4) is 12.3 Å². The van der Waals surface area contributed by atoms with E-state index in [0.717, 1.165) is 0 Å². The van der Waals surface area contributed by atoms with Crippen LogP contribution in [0.2, 0.25) is 0 Å². The van der Waals surface area contributed by atoms with Gasteiger partial charge < -0.3 is 5.32 Å². The van der Waals surface area contributed by atoms with Crippen molar-refractivity contribution in [1.29, 1.82) is 0 Å². The number of hydrogen-bond acceptors (Lipinski definition) is 2. The summed E-state index contributed by atoms with van der Waals surface area (Å²) in [4.78, 5) is 11.5. The van der Waals surface area contributed by atoms with E-state index in [1.807, 2.05) is 0 Å². The summed E-state index contributed by atoms with van der Waals surface area (Å²) in [6.07, 6.45) is 8.53. The molecule has 0 bridgehead atoms. The van der Waals surface area contributed by atoms with Crippen LogP contribution in [0, 0.1) is 12.3 Å². The van der Waals surface area contributed by atoms with Gasteiger partial charge in [0.2, 0.25) is 5.91 Å². The molecule has 1 N–H and O–H groups in total. The van der Waals surface area contributed by atoms with E-state index in [9.17, 15) is 4.79 Å². The molecule has 1 rings (SSSR count). The lowest BCUT2D eigenvalue weighted by molar-refractivity contribution is -0.124. The van der Waals surface area contributed by atoms with Gasteiger partial charge >= 0.3 is 0 Å². The van der Waals surface area contributed by atoms with E-state index in [1.54, 1.807) is 37.0 Å². The second kappa shape index (κ2) is 4.47. The van der Waals surface area contributed by atoms with Gasteiger partial charge in [-0.05, 0) is 19.9 Å². The highest BCUT2D eigenvalue weighted by Crippen LogP contribution is 2.02. The first kappa shape index (κ1) is 10.3. The van der Waals surface area contributed by atoms with Gasteiger partial charge in [0.15, 0.2) is 0 Å². The highest BCUT2D eigenvalue weighted by Gasteiger charge is 2.15. The Bertz CT molecular complexity index is 337. The average Bonchev–Trinajstić information content (AvgIpc) is 2.69. The maximum Gasteiger partial charge on any atom is 0.245 e. The zero-order valence-corrected chi connectivity index (χ0v) is 8.27. The maximum absolute atomic E-state index is 11.5. The molecule has 0 radical (unpaired) electrons. The van der Waals surface area contributed by atoms with Gasteiger partial charge in [0.05, 0.1) is 6.04 Å². The summed E-state index contributed by atoms with van der Waals surface area (Å²) >= 11 is 0. The Balaban J connectivity index is 2.59. The van der Waals surface area contributed by atoms with E-state index >= 15 is 0 Å². The molecule has 4 nitrogen and oxygen atoms in total. The van der Waals surface area contributed by atoms with Crippen LogP contribution in [0.15, 0.2) is 18.5 Å². The standard InChI is InChI=1S/C10H13N3O/c1-4-8(2)12-10(14)9(3)13-7-5-6-11-13/h1,5-9H,2-3H3,(H,12,14). The summed E-state index contributed by atoms with van der Waals surface area (Å²) < 4.78 is 1.58. The average molecular weight is 191 g/mol. The summed E-state index contributed by atoms with van der Waals surface area (Å²) in [5.74, 6) is 2.31. The smallest absolute Gasteiger partial charge is 0.245 e. The van der Waals surface area contributed by atoms with E-state index in [4.69, 9.17) is 6.42 Å². The van der Waals surface area contributed by atoms with Crippen LogP contribution >= 0.6 is 0 Å². The highest BCUT2D eigenvalue weighted by atomic mass is 16.2. The second-order valence-corrected chi connectivity index (χ2v) is 3.06. The lowest BCUT2D eigenvalue weighted by Crippen LogP contribution is -2.36. The van der Waals surface area contributed by atoms with Crippen molar-refractivity contribution in [2.45, 2.75) is 25.9 Å². The van der Waals surface area contributed by atoms with Crippen LogP contribution in [0.4, 0.5) is 0 Å². The fraction of sp³-hybridized carbons (Fsp3) is 0.400. The molecule has 74 valence electrons. The molecule has 2 atom stereocenters. The zero-order chi connectivity index (χ0) is 10.6. The third kappa shape index (κ3) is 2.36. The third-order valence-corrected chi connectivity index (χ3v) is 1.91. The largest absolute Gasteiger partial charge is 0.341 e. The molecule has 0 spiro atoms. The van der Waals surface area contributed by atoms with Crippen LogP contribution in [0.3, 0.4) is 0 Å². The Hall–Kier alpha value is -1.76. The topological polar surface area (TPSA) is 46.9 Å². The van der Waals surface area contributed by atoms with E-state index in [1.165, 1.54) is 0 Å². The van der Waals surface area contributed by atoms with Crippen molar-refractivity contribution in [3.05, 3.63) is 18.5 Å². The van der Waals surface area contributed by atoms with Crippen LogP contribution < -0.4 is 5.32 Å². The number of carbonyl (C=O) groups is 1. The molecule has 1 aromatic rings. The molecule has 0 aliphatic carbocycles. The molecule has 0 saturated heterocycles. The predicted octanol–water partition coefficient (Wildman–Crippen LogP) is 0.582. The zero-order valence-electron chi connectivity index (χ0n) is 8.27. The minimum atomic E-state index is -0.333. The molecule has 14 heavy (non-hydrogen) atoms. The number of rotatable bonds is 3. The fourth-order valence-corrected chi connectivity index (χ4v) is 1.01. The first-order chi connectivity index (χ1) is 6.65. The third-order valence-electron chi connectivity index (χ3n) is 1.91. The number of carbonyl (C=O) groups excluding carboxylic acids is 1. The molecule has 0 saturated carbocycles. The van der Waals surface area contributed by atoms with Gasteiger partial charge in [-0.1, -0.05) is 5.92 Å². The lowest BCUT2D eigenvalue weighted by Gasteiger charge is -2.14. The molecule has 2 unspecified atom stereocenters. The van der Waals surface area contributed by atoms with Crippen LogP contribution in [0.5, 0.6) is 0 Å². The number of hydrogen-bond donors (Lipinski definition) is 1. The minimum absolute atomic E-state index is 0.126. The molecule has 1 aromatic heterocycles. The van der Waals surface area contributed by atoms with E-state index in [2.05, 4.69) is 16.3 Å². The van der Waals surface area contributed by atoms with Gasteiger partial charge in [-0.2, -0.15) is 5.10 Å². The second-order valence-electron chi connectivity index (χ2n) is 3.06. The summed E-state index contributed by atoms with van der Waals surface area (Å²) in [7, 11) is 0. The first-order valence-electron chi connectivity index (χ1n) is 4.40. The lowest BCUT2D eigenvalue weighted by atomic mass is 10.3. The van der Waals surface area contributed by atoms with Crippen LogP contribution in [0.25, 0.3) is 0 Å². The molecular formula is C10H13N3O. The Kier molecular flexibility index (Phi) is 3.29. The quantitative estimate of drug-likeness (QED) is 0.710. The molecule has 0 aliphatic rings. The Morgan fingerprint density at radius 2 is 2.36 bits per heavy atom. The Morgan fingerprint density at radius 1 is 1.64 bits per heavy atom. The van der Waals surface area contributed by atoms with Crippen molar-refractivity contribution in [1.82, 2.24) is 15.1 Å². The number of terminal acetylenes is 1. The van der Waals surface area contributed by atoms with Crippen molar-refractivity contribution in [3.63, 3.8) is 0 Å². The predicted molar refractivity (Wildman–Crippen MR) is 53.4 cm³/mol. The van der Waals surface area contributed by atoms with Gasteiger partial charge in [-0.15, -0.1) is 6.42 Å². The number of amides is 1. The van der Waals surface area contributed by atoms with E-state index in [0.29, 0.717) is 0 Å². The first-order valence-corrected chi connectivity index (χ1v) is 4.40. The van der Waals surface area contributed by atoms with Crippen LogP contribution in [-0.2, 0) is 4.79 Å². The van der Waals surface area contributed by atoms with Gasteiger partial charge in [0.25, 0.3) is 0 Å². The number of nitrogens with zero attached hydrogens (tertiary/aromatic N) is 2. The number of aromatic nitrogens is 2. The van der Waals surface area contributed by atoms with Crippen LogP contribution in [0.1, 0.15) is 19.9 Å². The monoisotopic (exact) mass is 191 g/mol. The van der Waals surface area contributed by atoms with Crippen molar-refractivity contribution >= 4 is 5.91 Å². The van der Waals surface area contributed by atoms with Crippen molar-refractivity contribution in [2.75, 3.05) is 0 Å². The highest BCUT2D eigenvalue weighted by molar-refractivity contribution is 5.80. The Labute approximate surface area is 83.3 Å². The SMILES string of the molecule is C#CC(C)NC(=O)C(C)n1cccn1. The van der Waals surface area contributed by atoms with Crippen molar-refractivity contribution < 1.29 is 4.79 Å². The summed E-state index contributed by atoms with van der Waals surface area (Å²) in [6, 6.07) is 1.19. The summed E-state index contributed by atoms with van der Waals surface area (Å²) in [5, 5.41) is 6.66. The van der Waals surface area contributed by atoms with Gasteiger partial charge in [-0.3, -0.25) is 9.48 Å². The van der Waals surface area contributed by atoms with Gasteiger partial charge in [0, 0.05) is 12.4 Å². The molecule has 0 fully saturated rings. The van der Waals surface area contributed by atoms with E-state index in [-0.39, 0.29) is 18.0 Å². The van der Waals surface area contributed by atoms with Gasteiger partial charge in [-0.25, -0.2) is 0 Å². The van der Waals surface area contributed by atoms with Gasteiger partial charge in [0.1, 0.15) is 6.04 Å². The normalized spacial score (nSPS) is 14.1. The van der Waals surface area contributed by atoms with Crippen LogP contribution in [-0.4, -0.2) is 21.7 Å². The number of nitrogens with one attached hydrogen (secondary N) is 1. The summed E-state index contributed by atoms with van der Waals surface area (Å²) in [5.41, 5.74) is 0. The fourth-order valence-electron chi connectivity index (χ4n) is 1.01. The maximum atomic E-state index is 11.5. The van der Waals surface area contributed by atoms with E-state index < -0.39 is 0 Å². The summed E-state index contributed by atoms with van der Waals surface area (Å²) in [6.45, 7) is 3.53. The molecule has 0 aromatic carbocycles. The molecule has 4 heteroatoms.